The number of nitrogens with one attached hydrogen (secondary N) is 2. The molecule has 0 aliphatic rings. The number of aromatic nitrogens is 3. The van der Waals surface area contributed by atoms with Crippen LogP contribution in [0.4, 0.5) is 11.6 Å². The number of thiazole rings is 1. The maximum atomic E-state index is 5.98. The standard InChI is InChI=1S/C13H15N5S/c1-2-7-15-12-10(11(14)17-18-12)13-16-8-5-3-4-6-9(8)19-13/h3-6H,2,7H2,1H3,(H4,14,15,17,18). The van der Waals surface area contributed by atoms with Crippen LogP contribution < -0.4 is 11.1 Å². The van der Waals surface area contributed by atoms with E-state index in [0.29, 0.717) is 5.82 Å². The molecule has 0 aliphatic heterocycles. The first kappa shape index (κ1) is 12.0. The average Bonchev–Trinajstić information content (AvgIpc) is 2.99. The number of aromatic amines is 1. The maximum absolute atomic E-state index is 5.98. The summed E-state index contributed by atoms with van der Waals surface area (Å²) in [6.45, 7) is 2.97. The summed E-state index contributed by atoms with van der Waals surface area (Å²) in [5.74, 6) is 1.33. The SMILES string of the molecule is CCCNc1n[nH]c(N)c1-c1nc2ccccc2s1. The molecule has 0 bridgehead atoms. The monoisotopic (exact) mass is 273 g/mol. The highest BCUT2D eigenvalue weighted by atomic mass is 32.1. The fourth-order valence-corrected chi connectivity index (χ4v) is 2.95. The number of nitrogens with two attached hydrogens (primary N) is 1. The van der Waals surface area contributed by atoms with Gasteiger partial charge in [-0.1, -0.05) is 19.1 Å². The highest BCUT2D eigenvalue weighted by Gasteiger charge is 2.16. The van der Waals surface area contributed by atoms with Gasteiger partial charge in [-0.15, -0.1) is 11.3 Å². The Bertz CT molecular complexity index is 667. The molecular weight excluding hydrogens is 258 g/mol. The van der Waals surface area contributed by atoms with Crippen LogP contribution in [0, 0.1) is 0 Å². The predicted molar refractivity (Wildman–Crippen MR) is 80.4 cm³/mol. The molecule has 1 aromatic carbocycles. The van der Waals surface area contributed by atoms with Crippen molar-refractivity contribution in [3.05, 3.63) is 24.3 Å². The van der Waals surface area contributed by atoms with Crippen molar-refractivity contribution in [3.8, 4) is 10.6 Å². The molecule has 0 atom stereocenters. The van der Waals surface area contributed by atoms with E-state index in [4.69, 9.17) is 5.73 Å². The molecule has 19 heavy (non-hydrogen) atoms. The van der Waals surface area contributed by atoms with Gasteiger partial charge in [-0.05, 0) is 18.6 Å². The van der Waals surface area contributed by atoms with Crippen LogP contribution in [-0.4, -0.2) is 21.7 Å². The summed E-state index contributed by atoms with van der Waals surface area (Å²) < 4.78 is 1.15. The lowest BCUT2D eigenvalue weighted by molar-refractivity contribution is 0.961. The van der Waals surface area contributed by atoms with Gasteiger partial charge in [0.15, 0.2) is 5.82 Å². The molecule has 98 valence electrons. The lowest BCUT2D eigenvalue weighted by Crippen LogP contribution is -2.01. The fraction of sp³-hybridized carbons (Fsp3) is 0.231. The van der Waals surface area contributed by atoms with Crippen LogP contribution in [0.15, 0.2) is 24.3 Å². The van der Waals surface area contributed by atoms with E-state index >= 15 is 0 Å². The van der Waals surface area contributed by atoms with Crippen molar-refractivity contribution in [3.63, 3.8) is 0 Å². The minimum atomic E-state index is 0.553. The van der Waals surface area contributed by atoms with Crippen LogP contribution in [-0.2, 0) is 0 Å². The third-order valence-electron chi connectivity index (χ3n) is 2.84. The van der Waals surface area contributed by atoms with Crippen LogP contribution in [0.1, 0.15) is 13.3 Å². The zero-order chi connectivity index (χ0) is 13.2. The molecule has 0 saturated carbocycles. The van der Waals surface area contributed by atoms with Crippen molar-refractivity contribution >= 4 is 33.2 Å². The molecule has 2 aromatic heterocycles. The number of para-hydroxylation sites is 1. The summed E-state index contributed by atoms with van der Waals surface area (Å²) in [6.07, 6.45) is 1.03. The number of hydrogen-bond donors (Lipinski definition) is 3. The lowest BCUT2D eigenvalue weighted by atomic mass is 10.3. The van der Waals surface area contributed by atoms with E-state index in [1.54, 1.807) is 11.3 Å². The van der Waals surface area contributed by atoms with Crippen LogP contribution in [0.5, 0.6) is 0 Å². The Morgan fingerprint density at radius 3 is 3.00 bits per heavy atom. The molecule has 3 aromatic rings. The van der Waals surface area contributed by atoms with Gasteiger partial charge in [-0.25, -0.2) is 4.98 Å². The van der Waals surface area contributed by atoms with Gasteiger partial charge >= 0.3 is 0 Å². The molecule has 0 amide bonds. The van der Waals surface area contributed by atoms with Gasteiger partial charge in [0.1, 0.15) is 10.8 Å². The van der Waals surface area contributed by atoms with Crippen LogP contribution in [0.3, 0.4) is 0 Å². The Hall–Kier alpha value is -2.08. The van der Waals surface area contributed by atoms with E-state index in [1.165, 1.54) is 0 Å². The Balaban J connectivity index is 2.07. The van der Waals surface area contributed by atoms with Crippen molar-refractivity contribution < 1.29 is 0 Å². The highest BCUT2D eigenvalue weighted by molar-refractivity contribution is 7.21. The molecule has 0 unspecified atom stereocenters. The number of fused-ring (bicyclic) bond motifs is 1. The number of nitrogen functional groups attached to an aromatic ring is 1. The molecule has 0 saturated heterocycles. The van der Waals surface area contributed by atoms with Crippen LogP contribution in [0.25, 0.3) is 20.8 Å². The molecule has 0 radical (unpaired) electrons. The van der Waals surface area contributed by atoms with Gasteiger partial charge in [0, 0.05) is 6.54 Å². The first-order valence-electron chi connectivity index (χ1n) is 6.23. The minimum absolute atomic E-state index is 0.553. The number of nitrogens with zero attached hydrogens (tertiary/aromatic N) is 2. The molecule has 3 rings (SSSR count). The highest BCUT2D eigenvalue weighted by Crippen LogP contribution is 2.36. The summed E-state index contributed by atoms with van der Waals surface area (Å²) in [7, 11) is 0. The Labute approximate surface area is 114 Å². The number of hydrogen-bond acceptors (Lipinski definition) is 5. The molecule has 0 spiro atoms. The van der Waals surface area contributed by atoms with Crippen molar-refractivity contribution in [2.45, 2.75) is 13.3 Å². The summed E-state index contributed by atoms with van der Waals surface area (Å²) in [5, 5.41) is 11.2. The third kappa shape index (κ3) is 2.15. The molecule has 5 nitrogen and oxygen atoms in total. The minimum Gasteiger partial charge on any atom is -0.383 e. The molecule has 6 heteroatoms. The van der Waals surface area contributed by atoms with Gasteiger partial charge < -0.3 is 11.1 Å². The van der Waals surface area contributed by atoms with Crippen LogP contribution >= 0.6 is 11.3 Å². The van der Waals surface area contributed by atoms with E-state index in [0.717, 1.165) is 39.6 Å². The molecule has 0 aliphatic carbocycles. The molecule has 2 heterocycles. The van der Waals surface area contributed by atoms with Gasteiger partial charge in [0.25, 0.3) is 0 Å². The number of rotatable bonds is 4. The molecule has 4 N–H and O–H groups in total. The zero-order valence-corrected chi connectivity index (χ0v) is 11.4. The van der Waals surface area contributed by atoms with Crippen LogP contribution in [0.2, 0.25) is 0 Å². The molecular formula is C13H15N5S. The number of anilines is 2. The Morgan fingerprint density at radius 1 is 1.37 bits per heavy atom. The first-order valence-corrected chi connectivity index (χ1v) is 7.05. The summed E-state index contributed by atoms with van der Waals surface area (Å²) in [6, 6.07) is 8.07. The van der Waals surface area contributed by atoms with Gasteiger partial charge in [0.05, 0.1) is 15.8 Å². The maximum Gasteiger partial charge on any atom is 0.160 e. The lowest BCUT2D eigenvalue weighted by Gasteiger charge is -2.02. The van der Waals surface area contributed by atoms with E-state index in [2.05, 4.69) is 33.5 Å². The van der Waals surface area contributed by atoms with Crippen molar-refractivity contribution in [2.24, 2.45) is 0 Å². The van der Waals surface area contributed by atoms with Crippen molar-refractivity contribution in [1.29, 1.82) is 0 Å². The van der Waals surface area contributed by atoms with E-state index in [1.807, 2.05) is 18.2 Å². The largest absolute Gasteiger partial charge is 0.383 e. The second kappa shape index (κ2) is 4.89. The van der Waals surface area contributed by atoms with Gasteiger partial charge in [-0.2, -0.15) is 5.10 Å². The van der Waals surface area contributed by atoms with Gasteiger partial charge in [0.2, 0.25) is 0 Å². The fourth-order valence-electron chi connectivity index (χ4n) is 1.92. The Kier molecular flexibility index (Phi) is 3.08. The summed E-state index contributed by atoms with van der Waals surface area (Å²) in [4.78, 5) is 4.62. The second-order valence-electron chi connectivity index (χ2n) is 4.27. The van der Waals surface area contributed by atoms with Crippen molar-refractivity contribution in [2.75, 3.05) is 17.6 Å². The second-order valence-corrected chi connectivity index (χ2v) is 5.31. The number of H-pyrrole nitrogens is 1. The summed E-state index contributed by atoms with van der Waals surface area (Å²) in [5.41, 5.74) is 7.84. The smallest absolute Gasteiger partial charge is 0.160 e. The normalized spacial score (nSPS) is 11.0. The third-order valence-corrected chi connectivity index (χ3v) is 3.90. The van der Waals surface area contributed by atoms with E-state index in [9.17, 15) is 0 Å². The first-order chi connectivity index (χ1) is 9.29. The predicted octanol–water partition coefficient (Wildman–Crippen LogP) is 3.09. The summed E-state index contributed by atoms with van der Waals surface area (Å²) >= 11 is 1.63. The zero-order valence-electron chi connectivity index (χ0n) is 10.6. The quantitative estimate of drug-likeness (QED) is 0.682. The molecule has 0 fully saturated rings. The van der Waals surface area contributed by atoms with E-state index < -0.39 is 0 Å². The van der Waals surface area contributed by atoms with Gasteiger partial charge in [-0.3, -0.25) is 5.10 Å². The van der Waals surface area contributed by atoms with Crippen molar-refractivity contribution in [1.82, 2.24) is 15.2 Å². The average molecular weight is 273 g/mol. The van der Waals surface area contributed by atoms with E-state index in [-0.39, 0.29) is 0 Å². The topological polar surface area (TPSA) is 79.6 Å². The number of benzene rings is 1. The Morgan fingerprint density at radius 2 is 2.21 bits per heavy atom.